The number of rotatable bonds is 6. The van der Waals surface area contributed by atoms with Crippen LogP contribution in [0.4, 0.5) is 0 Å². The van der Waals surface area contributed by atoms with E-state index < -0.39 is 0 Å². The van der Waals surface area contributed by atoms with Gasteiger partial charge in [0.1, 0.15) is 0 Å². The molecule has 0 amide bonds. The van der Waals surface area contributed by atoms with Crippen molar-refractivity contribution in [2.45, 2.75) is 13.0 Å². The predicted molar refractivity (Wildman–Crippen MR) is 69.5 cm³/mol. The van der Waals surface area contributed by atoms with Crippen LogP contribution in [-0.2, 0) is 0 Å². The van der Waals surface area contributed by atoms with Gasteiger partial charge in [-0.25, -0.2) is 0 Å². The molecule has 0 spiro atoms. The van der Waals surface area contributed by atoms with Gasteiger partial charge in [-0.3, -0.25) is 0 Å². The molecule has 1 aromatic rings. The van der Waals surface area contributed by atoms with Crippen molar-refractivity contribution < 1.29 is 9.47 Å². The number of benzene rings is 1. The summed E-state index contributed by atoms with van der Waals surface area (Å²) in [6, 6.07) is 5.83. The highest BCUT2D eigenvalue weighted by Crippen LogP contribution is 2.29. The minimum absolute atomic E-state index is 0.00847. The molecule has 1 rings (SSSR count). The summed E-state index contributed by atoms with van der Waals surface area (Å²) in [7, 11) is 1.64. The zero-order valence-electron chi connectivity index (χ0n) is 10.0. The summed E-state index contributed by atoms with van der Waals surface area (Å²) in [5.74, 6) is 2.50. The van der Waals surface area contributed by atoms with E-state index in [4.69, 9.17) is 15.2 Å². The van der Waals surface area contributed by atoms with Crippen LogP contribution in [0.1, 0.15) is 18.5 Å². The van der Waals surface area contributed by atoms with E-state index in [9.17, 15) is 0 Å². The van der Waals surface area contributed by atoms with Crippen molar-refractivity contribution in [1.29, 1.82) is 0 Å². The molecule has 0 unspecified atom stereocenters. The molecule has 0 aliphatic rings. The van der Waals surface area contributed by atoms with Gasteiger partial charge < -0.3 is 15.2 Å². The minimum Gasteiger partial charge on any atom is -0.493 e. The maximum absolute atomic E-state index is 5.81. The Balaban J connectivity index is 2.76. The average molecular weight is 241 g/mol. The molecule has 3 nitrogen and oxygen atoms in total. The molecule has 0 bridgehead atoms. The Morgan fingerprint density at radius 1 is 1.38 bits per heavy atom. The molecule has 2 N–H and O–H groups in total. The van der Waals surface area contributed by atoms with Gasteiger partial charge in [0.25, 0.3) is 0 Å². The monoisotopic (exact) mass is 241 g/mol. The first kappa shape index (κ1) is 13.2. The van der Waals surface area contributed by atoms with E-state index in [0.717, 1.165) is 22.8 Å². The fourth-order valence-electron chi connectivity index (χ4n) is 1.32. The van der Waals surface area contributed by atoms with Crippen molar-refractivity contribution in [3.05, 3.63) is 23.8 Å². The first-order valence-electron chi connectivity index (χ1n) is 5.24. The molecule has 16 heavy (non-hydrogen) atoms. The third-order valence-electron chi connectivity index (χ3n) is 2.26. The second kappa shape index (κ2) is 6.66. The average Bonchev–Trinajstić information content (AvgIpc) is 2.29. The minimum atomic E-state index is 0.00847. The van der Waals surface area contributed by atoms with Crippen LogP contribution in [0, 0.1) is 0 Å². The molecular formula is C12H19NO2S. The van der Waals surface area contributed by atoms with Gasteiger partial charge in [-0.05, 0) is 30.9 Å². The van der Waals surface area contributed by atoms with Gasteiger partial charge in [-0.2, -0.15) is 11.8 Å². The maximum atomic E-state index is 5.81. The van der Waals surface area contributed by atoms with Crippen molar-refractivity contribution >= 4 is 11.8 Å². The smallest absolute Gasteiger partial charge is 0.161 e. The quantitative estimate of drug-likeness (QED) is 0.777. The molecule has 0 aliphatic carbocycles. The van der Waals surface area contributed by atoms with Gasteiger partial charge in [0, 0.05) is 11.8 Å². The van der Waals surface area contributed by atoms with E-state index in [2.05, 4.69) is 6.26 Å². The summed E-state index contributed by atoms with van der Waals surface area (Å²) < 4.78 is 10.9. The normalized spacial score (nSPS) is 12.2. The number of ether oxygens (including phenoxy) is 2. The van der Waals surface area contributed by atoms with E-state index in [1.54, 1.807) is 18.9 Å². The Bertz CT molecular complexity index is 329. The van der Waals surface area contributed by atoms with Crippen molar-refractivity contribution in [3.63, 3.8) is 0 Å². The van der Waals surface area contributed by atoms with Crippen LogP contribution in [0.25, 0.3) is 0 Å². The maximum Gasteiger partial charge on any atom is 0.161 e. The van der Waals surface area contributed by atoms with Crippen LogP contribution >= 0.6 is 11.8 Å². The van der Waals surface area contributed by atoms with Crippen LogP contribution < -0.4 is 15.2 Å². The molecular weight excluding hydrogens is 222 g/mol. The molecule has 90 valence electrons. The Morgan fingerprint density at radius 2 is 2.12 bits per heavy atom. The highest BCUT2D eigenvalue weighted by molar-refractivity contribution is 7.98. The van der Waals surface area contributed by atoms with Crippen LogP contribution in [0.2, 0.25) is 0 Å². The molecule has 1 atom stereocenters. The molecule has 0 saturated heterocycles. The van der Waals surface area contributed by atoms with Crippen molar-refractivity contribution in [2.24, 2.45) is 5.73 Å². The molecule has 0 aromatic heterocycles. The molecule has 0 aliphatic heterocycles. The molecule has 1 aromatic carbocycles. The predicted octanol–water partition coefficient (Wildman–Crippen LogP) is 2.46. The molecule has 0 radical (unpaired) electrons. The van der Waals surface area contributed by atoms with Crippen LogP contribution in [0.5, 0.6) is 11.5 Å². The number of hydrogen-bond donors (Lipinski definition) is 1. The zero-order chi connectivity index (χ0) is 12.0. The third kappa shape index (κ3) is 3.61. The first-order valence-corrected chi connectivity index (χ1v) is 6.63. The number of methoxy groups -OCH3 is 1. The van der Waals surface area contributed by atoms with Gasteiger partial charge in [0.05, 0.1) is 13.7 Å². The number of nitrogens with two attached hydrogens (primary N) is 1. The van der Waals surface area contributed by atoms with E-state index in [1.165, 1.54) is 0 Å². The molecule has 4 heteroatoms. The molecule has 0 fully saturated rings. The summed E-state index contributed by atoms with van der Waals surface area (Å²) in [5.41, 5.74) is 6.86. The topological polar surface area (TPSA) is 44.5 Å². The highest BCUT2D eigenvalue weighted by atomic mass is 32.2. The Kier molecular flexibility index (Phi) is 5.49. The van der Waals surface area contributed by atoms with Crippen molar-refractivity contribution in [3.8, 4) is 11.5 Å². The molecule has 0 saturated carbocycles. The Morgan fingerprint density at radius 3 is 2.69 bits per heavy atom. The molecule has 0 heterocycles. The third-order valence-corrected chi connectivity index (χ3v) is 2.83. The Labute approximate surface area is 101 Å². The van der Waals surface area contributed by atoms with Gasteiger partial charge >= 0.3 is 0 Å². The summed E-state index contributed by atoms with van der Waals surface area (Å²) in [6.07, 6.45) is 2.06. The van der Waals surface area contributed by atoms with E-state index in [-0.39, 0.29) is 6.04 Å². The zero-order valence-corrected chi connectivity index (χ0v) is 10.8. The second-order valence-electron chi connectivity index (χ2n) is 3.54. The van der Waals surface area contributed by atoms with Crippen LogP contribution in [-0.4, -0.2) is 25.7 Å². The van der Waals surface area contributed by atoms with Gasteiger partial charge in [-0.15, -0.1) is 0 Å². The summed E-state index contributed by atoms with van der Waals surface area (Å²) >= 11 is 1.76. The number of hydrogen-bond acceptors (Lipinski definition) is 4. The lowest BCUT2D eigenvalue weighted by Gasteiger charge is -2.13. The lowest BCUT2D eigenvalue weighted by atomic mass is 10.1. The highest BCUT2D eigenvalue weighted by Gasteiger charge is 2.07. The van der Waals surface area contributed by atoms with Crippen LogP contribution in [0.3, 0.4) is 0 Å². The number of thioether (sulfide) groups is 1. The lowest BCUT2D eigenvalue weighted by molar-refractivity contribution is 0.313. The first-order chi connectivity index (χ1) is 7.69. The summed E-state index contributed by atoms with van der Waals surface area (Å²) in [5, 5.41) is 0. The fraction of sp³-hybridized carbons (Fsp3) is 0.500. The van der Waals surface area contributed by atoms with Crippen molar-refractivity contribution in [2.75, 3.05) is 25.7 Å². The summed E-state index contributed by atoms with van der Waals surface area (Å²) in [6.45, 7) is 2.64. The Hall–Kier alpha value is -0.870. The van der Waals surface area contributed by atoms with Crippen LogP contribution in [0.15, 0.2) is 18.2 Å². The van der Waals surface area contributed by atoms with E-state index in [0.29, 0.717) is 6.61 Å². The SMILES string of the molecule is COc1cc([C@@H](C)N)ccc1OCCSC. The lowest BCUT2D eigenvalue weighted by Crippen LogP contribution is -2.06. The summed E-state index contributed by atoms with van der Waals surface area (Å²) in [4.78, 5) is 0. The fourth-order valence-corrected chi connectivity index (χ4v) is 1.57. The second-order valence-corrected chi connectivity index (χ2v) is 4.53. The van der Waals surface area contributed by atoms with Crippen molar-refractivity contribution in [1.82, 2.24) is 0 Å². The van der Waals surface area contributed by atoms with E-state index >= 15 is 0 Å². The largest absolute Gasteiger partial charge is 0.493 e. The van der Waals surface area contributed by atoms with Gasteiger partial charge in [0.2, 0.25) is 0 Å². The van der Waals surface area contributed by atoms with Gasteiger partial charge in [0.15, 0.2) is 11.5 Å². The van der Waals surface area contributed by atoms with E-state index in [1.807, 2.05) is 25.1 Å². The standard InChI is InChI=1S/C12H19NO2S/c1-9(13)10-4-5-11(12(8-10)14-2)15-6-7-16-3/h4-5,8-9H,6-7,13H2,1-3H3/t9-/m1/s1. The van der Waals surface area contributed by atoms with Gasteiger partial charge in [-0.1, -0.05) is 6.07 Å².